The molecule has 1 fully saturated rings. The summed E-state index contributed by atoms with van der Waals surface area (Å²) in [5.41, 5.74) is 2.20. The predicted molar refractivity (Wildman–Crippen MR) is 79.7 cm³/mol. The third kappa shape index (κ3) is 3.38. The molecule has 108 valence electrons. The molecule has 1 unspecified atom stereocenters. The van der Waals surface area contributed by atoms with Crippen molar-refractivity contribution >= 4 is 18.0 Å². The largest absolute Gasteiger partial charge is 0.372 e. The Hall–Kier alpha value is -1.84. The fourth-order valence-electron chi connectivity index (χ4n) is 2.79. The van der Waals surface area contributed by atoms with Gasteiger partial charge >= 0.3 is 0 Å². The minimum Gasteiger partial charge on any atom is -0.372 e. The SMILES string of the molecule is CCCC(C(=O)NC=O)c1ccc(N2CCCC2)cc1. The maximum atomic E-state index is 11.9. The van der Waals surface area contributed by atoms with Gasteiger partial charge in [0.25, 0.3) is 0 Å². The van der Waals surface area contributed by atoms with Gasteiger partial charge in [-0.15, -0.1) is 0 Å². The molecule has 2 rings (SSSR count). The van der Waals surface area contributed by atoms with E-state index in [2.05, 4.69) is 22.3 Å². The van der Waals surface area contributed by atoms with E-state index in [0.29, 0.717) is 6.41 Å². The minimum atomic E-state index is -0.238. The van der Waals surface area contributed by atoms with E-state index >= 15 is 0 Å². The van der Waals surface area contributed by atoms with E-state index in [4.69, 9.17) is 0 Å². The molecule has 0 aliphatic carbocycles. The van der Waals surface area contributed by atoms with Crippen molar-refractivity contribution in [3.05, 3.63) is 29.8 Å². The highest BCUT2D eigenvalue weighted by Gasteiger charge is 2.20. The highest BCUT2D eigenvalue weighted by Crippen LogP contribution is 2.26. The molecule has 20 heavy (non-hydrogen) atoms. The molecule has 0 radical (unpaired) electrons. The van der Waals surface area contributed by atoms with Gasteiger partial charge in [0.05, 0.1) is 5.92 Å². The lowest BCUT2D eigenvalue weighted by Crippen LogP contribution is -2.28. The maximum absolute atomic E-state index is 11.9. The Morgan fingerprint density at radius 2 is 1.95 bits per heavy atom. The minimum absolute atomic E-state index is 0.212. The van der Waals surface area contributed by atoms with Crippen LogP contribution in [0.4, 0.5) is 5.69 Å². The Morgan fingerprint density at radius 3 is 2.50 bits per heavy atom. The number of amides is 2. The first-order chi connectivity index (χ1) is 9.76. The summed E-state index contributed by atoms with van der Waals surface area (Å²) in [7, 11) is 0. The van der Waals surface area contributed by atoms with Crippen LogP contribution in [0.1, 0.15) is 44.1 Å². The highest BCUT2D eigenvalue weighted by molar-refractivity contribution is 5.91. The van der Waals surface area contributed by atoms with Crippen molar-refractivity contribution in [2.45, 2.75) is 38.5 Å². The number of benzene rings is 1. The lowest BCUT2D eigenvalue weighted by Gasteiger charge is -2.19. The number of carbonyl (C=O) groups excluding carboxylic acids is 2. The molecule has 2 amide bonds. The zero-order valence-corrected chi connectivity index (χ0v) is 12.0. The molecule has 1 atom stereocenters. The number of imide groups is 1. The molecule has 1 N–H and O–H groups in total. The van der Waals surface area contributed by atoms with E-state index in [1.807, 2.05) is 19.1 Å². The summed E-state index contributed by atoms with van der Waals surface area (Å²) in [6.45, 7) is 4.27. The Kier molecular flexibility index (Phi) is 5.16. The van der Waals surface area contributed by atoms with Gasteiger partial charge in [0.2, 0.25) is 12.3 Å². The number of nitrogens with zero attached hydrogens (tertiary/aromatic N) is 1. The summed E-state index contributed by atoms with van der Waals surface area (Å²) < 4.78 is 0. The van der Waals surface area contributed by atoms with Crippen LogP contribution < -0.4 is 10.2 Å². The average Bonchev–Trinajstić information content (AvgIpc) is 2.99. The zero-order valence-electron chi connectivity index (χ0n) is 12.0. The molecular weight excluding hydrogens is 252 g/mol. The molecule has 4 heteroatoms. The first-order valence-corrected chi connectivity index (χ1v) is 7.35. The molecule has 0 aromatic heterocycles. The third-order valence-corrected chi connectivity index (χ3v) is 3.86. The molecule has 1 saturated heterocycles. The van der Waals surface area contributed by atoms with Crippen molar-refractivity contribution in [2.75, 3.05) is 18.0 Å². The van der Waals surface area contributed by atoms with E-state index in [-0.39, 0.29) is 11.8 Å². The number of carbonyl (C=O) groups is 2. The van der Waals surface area contributed by atoms with Crippen molar-refractivity contribution in [1.82, 2.24) is 5.32 Å². The van der Waals surface area contributed by atoms with Crippen molar-refractivity contribution in [3.8, 4) is 0 Å². The highest BCUT2D eigenvalue weighted by atomic mass is 16.2. The Morgan fingerprint density at radius 1 is 1.30 bits per heavy atom. The van der Waals surface area contributed by atoms with Gasteiger partial charge in [-0.25, -0.2) is 0 Å². The van der Waals surface area contributed by atoms with Crippen molar-refractivity contribution in [1.29, 1.82) is 0 Å². The standard InChI is InChI=1S/C16H22N2O2/c1-2-5-15(16(20)17-12-19)13-6-8-14(9-7-13)18-10-3-4-11-18/h6-9,12,15H,2-5,10-11H2,1H3,(H,17,19,20). The van der Waals surface area contributed by atoms with E-state index in [1.54, 1.807) is 0 Å². The molecule has 0 bridgehead atoms. The summed E-state index contributed by atoms with van der Waals surface area (Å²) in [5.74, 6) is -0.450. The number of anilines is 1. The summed E-state index contributed by atoms with van der Waals surface area (Å²) in [4.78, 5) is 24.7. The number of hydrogen-bond donors (Lipinski definition) is 1. The van der Waals surface area contributed by atoms with Crippen molar-refractivity contribution in [3.63, 3.8) is 0 Å². The van der Waals surface area contributed by atoms with Gasteiger partial charge in [-0.05, 0) is 37.0 Å². The lowest BCUT2D eigenvalue weighted by atomic mass is 9.93. The number of rotatable bonds is 6. The van der Waals surface area contributed by atoms with Crippen molar-refractivity contribution in [2.24, 2.45) is 0 Å². The van der Waals surface area contributed by atoms with Gasteiger partial charge in [-0.3, -0.25) is 14.9 Å². The smallest absolute Gasteiger partial charge is 0.233 e. The van der Waals surface area contributed by atoms with Crippen LogP contribution >= 0.6 is 0 Å². The van der Waals surface area contributed by atoms with E-state index in [9.17, 15) is 9.59 Å². The van der Waals surface area contributed by atoms with Gasteiger partial charge in [0, 0.05) is 18.8 Å². The van der Waals surface area contributed by atoms with Gasteiger partial charge in [-0.1, -0.05) is 25.5 Å². The molecule has 1 aromatic rings. The fourth-order valence-corrected chi connectivity index (χ4v) is 2.79. The zero-order chi connectivity index (χ0) is 14.4. The Labute approximate surface area is 120 Å². The maximum Gasteiger partial charge on any atom is 0.233 e. The second kappa shape index (κ2) is 7.08. The first-order valence-electron chi connectivity index (χ1n) is 7.35. The molecule has 1 heterocycles. The topological polar surface area (TPSA) is 49.4 Å². The van der Waals surface area contributed by atoms with Crippen LogP contribution in [-0.4, -0.2) is 25.4 Å². The van der Waals surface area contributed by atoms with Crippen LogP contribution in [0.3, 0.4) is 0 Å². The molecule has 0 spiro atoms. The normalized spacial score (nSPS) is 15.9. The van der Waals surface area contributed by atoms with Crippen LogP contribution in [-0.2, 0) is 9.59 Å². The molecule has 1 aliphatic rings. The lowest BCUT2D eigenvalue weighted by molar-refractivity contribution is -0.126. The second-order valence-corrected chi connectivity index (χ2v) is 5.25. The van der Waals surface area contributed by atoms with Crippen molar-refractivity contribution < 1.29 is 9.59 Å². The van der Waals surface area contributed by atoms with Crippen LogP contribution in [0.5, 0.6) is 0 Å². The Balaban J connectivity index is 2.12. The molecule has 1 aliphatic heterocycles. The summed E-state index contributed by atoms with van der Waals surface area (Å²) >= 11 is 0. The van der Waals surface area contributed by atoms with Crippen LogP contribution in [0, 0.1) is 0 Å². The Bertz CT molecular complexity index is 450. The first kappa shape index (κ1) is 14.6. The number of hydrogen-bond acceptors (Lipinski definition) is 3. The van der Waals surface area contributed by atoms with Gasteiger partial charge < -0.3 is 4.90 Å². The third-order valence-electron chi connectivity index (χ3n) is 3.86. The molecule has 0 saturated carbocycles. The quantitative estimate of drug-likeness (QED) is 0.811. The summed E-state index contributed by atoms with van der Waals surface area (Å²) in [6.07, 6.45) is 4.63. The fraction of sp³-hybridized carbons (Fsp3) is 0.500. The molecule has 4 nitrogen and oxygen atoms in total. The van der Waals surface area contributed by atoms with Crippen LogP contribution in [0.25, 0.3) is 0 Å². The summed E-state index contributed by atoms with van der Waals surface area (Å²) in [5, 5.41) is 2.27. The van der Waals surface area contributed by atoms with Crippen LogP contribution in [0.15, 0.2) is 24.3 Å². The number of nitrogens with one attached hydrogen (secondary N) is 1. The predicted octanol–water partition coefficient (Wildman–Crippen LogP) is 2.44. The monoisotopic (exact) mass is 274 g/mol. The van der Waals surface area contributed by atoms with Gasteiger partial charge in [0.15, 0.2) is 0 Å². The molecular formula is C16H22N2O2. The average molecular weight is 274 g/mol. The summed E-state index contributed by atoms with van der Waals surface area (Å²) in [6, 6.07) is 8.19. The van der Waals surface area contributed by atoms with Gasteiger partial charge in [0.1, 0.15) is 0 Å². The second-order valence-electron chi connectivity index (χ2n) is 5.25. The van der Waals surface area contributed by atoms with Crippen LogP contribution in [0.2, 0.25) is 0 Å². The van der Waals surface area contributed by atoms with Gasteiger partial charge in [-0.2, -0.15) is 0 Å². The van der Waals surface area contributed by atoms with E-state index in [1.165, 1.54) is 18.5 Å². The molecule has 1 aromatic carbocycles. The van der Waals surface area contributed by atoms with E-state index < -0.39 is 0 Å². The van der Waals surface area contributed by atoms with E-state index in [0.717, 1.165) is 31.5 Å².